The Balaban J connectivity index is 2.30. The van der Waals surface area contributed by atoms with Crippen molar-refractivity contribution in [1.29, 1.82) is 5.26 Å². The predicted molar refractivity (Wildman–Crippen MR) is 84.2 cm³/mol. The number of aryl methyl sites for hydroxylation is 1. The van der Waals surface area contributed by atoms with E-state index in [0.29, 0.717) is 30.4 Å². The van der Waals surface area contributed by atoms with Crippen LogP contribution in [0, 0.1) is 18.3 Å². The molecule has 4 heteroatoms. The summed E-state index contributed by atoms with van der Waals surface area (Å²) >= 11 is 0. The Morgan fingerprint density at radius 2 is 2.14 bits per heavy atom. The molecule has 1 heterocycles. The van der Waals surface area contributed by atoms with Crippen LogP contribution in [0.15, 0.2) is 30.3 Å². The molecule has 0 spiro atoms. The van der Waals surface area contributed by atoms with E-state index in [2.05, 4.69) is 32.0 Å². The molecule has 0 atom stereocenters. The normalized spacial score (nSPS) is 10.3. The highest BCUT2D eigenvalue weighted by Crippen LogP contribution is 2.28. The van der Waals surface area contributed by atoms with Gasteiger partial charge in [-0.1, -0.05) is 43.2 Å². The van der Waals surface area contributed by atoms with Gasteiger partial charge in [0.2, 0.25) is 5.88 Å². The molecular weight excluding hydrogens is 262 g/mol. The molecule has 0 fully saturated rings. The molecule has 110 valence electrons. The van der Waals surface area contributed by atoms with E-state index in [4.69, 9.17) is 10.5 Å². The van der Waals surface area contributed by atoms with Crippen molar-refractivity contribution in [1.82, 2.24) is 4.57 Å². The van der Waals surface area contributed by atoms with Gasteiger partial charge in [-0.3, -0.25) is 4.57 Å². The van der Waals surface area contributed by atoms with Gasteiger partial charge in [0.05, 0.1) is 18.8 Å². The van der Waals surface area contributed by atoms with Crippen LogP contribution in [0.2, 0.25) is 0 Å². The second-order valence-corrected chi connectivity index (χ2v) is 5.18. The summed E-state index contributed by atoms with van der Waals surface area (Å²) in [5.41, 5.74) is 9.36. The summed E-state index contributed by atoms with van der Waals surface area (Å²) < 4.78 is 7.63. The molecule has 0 radical (unpaired) electrons. The summed E-state index contributed by atoms with van der Waals surface area (Å²) in [6.07, 6.45) is 2.03. The third-order valence-electron chi connectivity index (χ3n) is 3.35. The largest absolute Gasteiger partial charge is 0.477 e. The van der Waals surface area contributed by atoms with Crippen molar-refractivity contribution >= 4 is 5.69 Å². The van der Waals surface area contributed by atoms with E-state index >= 15 is 0 Å². The summed E-state index contributed by atoms with van der Waals surface area (Å²) in [4.78, 5) is 0. The van der Waals surface area contributed by atoms with E-state index in [1.165, 1.54) is 5.56 Å². The van der Waals surface area contributed by atoms with E-state index in [9.17, 15) is 5.26 Å². The molecule has 2 rings (SSSR count). The van der Waals surface area contributed by atoms with Crippen molar-refractivity contribution in [3.63, 3.8) is 0 Å². The average molecular weight is 283 g/mol. The van der Waals surface area contributed by atoms with Gasteiger partial charge in [0, 0.05) is 6.07 Å². The molecule has 0 aliphatic heterocycles. The van der Waals surface area contributed by atoms with Crippen molar-refractivity contribution in [3.8, 4) is 11.9 Å². The van der Waals surface area contributed by atoms with E-state index < -0.39 is 0 Å². The number of ether oxygens (including phenoxy) is 1. The van der Waals surface area contributed by atoms with Gasteiger partial charge in [-0.05, 0) is 18.9 Å². The maximum absolute atomic E-state index is 9.28. The Hall–Kier alpha value is -2.41. The number of benzene rings is 1. The Kier molecular flexibility index (Phi) is 4.89. The van der Waals surface area contributed by atoms with Crippen LogP contribution in [0.4, 0.5) is 5.69 Å². The summed E-state index contributed by atoms with van der Waals surface area (Å²) in [7, 11) is 0. The van der Waals surface area contributed by atoms with Gasteiger partial charge in [-0.15, -0.1) is 0 Å². The number of unbranched alkanes of at least 4 members (excludes halogenated alkanes) is 1. The van der Waals surface area contributed by atoms with Crippen molar-refractivity contribution in [2.45, 2.75) is 33.2 Å². The number of aromatic nitrogens is 1. The monoisotopic (exact) mass is 283 g/mol. The van der Waals surface area contributed by atoms with E-state index in [-0.39, 0.29) is 0 Å². The van der Waals surface area contributed by atoms with Crippen molar-refractivity contribution in [3.05, 3.63) is 47.2 Å². The molecule has 2 N–H and O–H groups in total. The molecule has 0 aliphatic carbocycles. The highest BCUT2D eigenvalue weighted by Gasteiger charge is 2.14. The molecule has 2 aromatic rings. The van der Waals surface area contributed by atoms with Gasteiger partial charge in [0.25, 0.3) is 0 Å². The van der Waals surface area contributed by atoms with E-state index in [1.807, 2.05) is 16.7 Å². The highest BCUT2D eigenvalue weighted by atomic mass is 16.5. The first-order valence-corrected chi connectivity index (χ1v) is 7.23. The molecule has 0 bridgehead atoms. The van der Waals surface area contributed by atoms with Gasteiger partial charge in [0.15, 0.2) is 0 Å². The molecule has 4 nitrogen and oxygen atoms in total. The Labute approximate surface area is 125 Å². The lowest BCUT2D eigenvalue weighted by atomic mass is 10.1. The van der Waals surface area contributed by atoms with Crippen LogP contribution in [-0.2, 0) is 6.54 Å². The van der Waals surface area contributed by atoms with Crippen LogP contribution >= 0.6 is 0 Å². The Bertz CT molecular complexity index is 653. The van der Waals surface area contributed by atoms with Gasteiger partial charge in [0.1, 0.15) is 11.8 Å². The summed E-state index contributed by atoms with van der Waals surface area (Å²) in [6, 6.07) is 12.1. The SMILES string of the molecule is CCCCOc1c(N)cc(C#N)n1Cc1cccc(C)c1. The van der Waals surface area contributed by atoms with Crippen LogP contribution in [0.25, 0.3) is 0 Å². The lowest BCUT2D eigenvalue weighted by Gasteiger charge is -2.13. The van der Waals surface area contributed by atoms with E-state index in [1.54, 1.807) is 6.07 Å². The molecule has 1 aromatic carbocycles. The first-order valence-electron chi connectivity index (χ1n) is 7.23. The number of nitriles is 1. The minimum atomic E-state index is 0.523. The van der Waals surface area contributed by atoms with Gasteiger partial charge in [-0.2, -0.15) is 5.26 Å². The number of nitrogen functional groups attached to an aromatic ring is 1. The maximum Gasteiger partial charge on any atom is 0.218 e. The number of nitrogens with zero attached hydrogens (tertiary/aromatic N) is 2. The summed E-state index contributed by atoms with van der Waals surface area (Å²) in [5, 5.41) is 9.28. The van der Waals surface area contributed by atoms with E-state index in [0.717, 1.165) is 18.4 Å². The zero-order valence-electron chi connectivity index (χ0n) is 12.6. The fourth-order valence-corrected chi connectivity index (χ4v) is 2.27. The quantitative estimate of drug-likeness (QED) is 0.825. The molecule has 0 amide bonds. The number of anilines is 1. The minimum Gasteiger partial charge on any atom is -0.477 e. The lowest BCUT2D eigenvalue weighted by molar-refractivity contribution is 0.287. The van der Waals surface area contributed by atoms with Crippen molar-refractivity contribution in [2.75, 3.05) is 12.3 Å². The van der Waals surface area contributed by atoms with Gasteiger partial charge < -0.3 is 10.5 Å². The molecule has 0 saturated heterocycles. The highest BCUT2D eigenvalue weighted by molar-refractivity contribution is 5.55. The number of nitrogens with two attached hydrogens (primary N) is 1. The molecule has 0 unspecified atom stereocenters. The Morgan fingerprint density at radius 1 is 1.33 bits per heavy atom. The number of hydrogen-bond donors (Lipinski definition) is 1. The van der Waals surface area contributed by atoms with Crippen molar-refractivity contribution in [2.24, 2.45) is 0 Å². The minimum absolute atomic E-state index is 0.523. The van der Waals surface area contributed by atoms with Gasteiger partial charge >= 0.3 is 0 Å². The summed E-state index contributed by atoms with van der Waals surface area (Å²) in [5.74, 6) is 0.599. The van der Waals surface area contributed by atoms with Crippen LogP contribution in [0.1, 0.15) is 36.6 Å². The molecule has 0 saturated carbocycles. The van der Waals surface area contributed by atoms with Crippen LogP contribution in [-0.4, -0.2) is 11.2 Å². The zero-order chi connectivity index (χ0) is 15.2. The lowest BCUT2D eigenvalue weighted by Crippen LogP contribution is -2.08. The molecular formula is C17H21N3O. The van der Waals surface area contributed by atoms with Crippen molar-refractivity contribution < 1.29 is 4.74 Å². The smallest absolute Gasteiger partial charge is 0.218 e. The number of hydrogen-bond acceptors (Lipinski definition) is 3. The average Bonchev–Trinajstić information content (AvgIpc) is 2.76. The fraction of sp³-hybridized carbons (Fsp3) is 0.353. The first-order chi connectivity index (χ1) is 10.2. The first kappa shape index (κ1) is 15.0. The zero-order valence-corrected chi connectivity index (χ0v) is 12.6. The second kappa shape index (κ2) is 6.85. The van der Waals surface area contributed by atoms with Gasteiger partial charge in [-0.25, -0.2) is 0 Å². The fourth-order valence-electron chi connectivity index (χ4n) is 2.27. The second-order valence-electron chi connectivity index (χ2n) is 5.18. The van der Waals surface area contributed by atoms with Crippen LogP contribution < -0.4 is 10.5 Å². The number of rotatable bonds is 6. The standard InChI is InChI=1S/C17H21N3O/c1-3-4-8-21-17-16(19)10-15(11-18)20(17)12-14-7-5-6-13(2)9-14/h5-7,9-10H,3-4,8,12,19H2,1-2H3. The Morgan fingerprint density at radius 3 is 2.81 bits per heavy atom. The maximum atomic E-state index is 9.28. The summed E-state index contributed by atoms with van der Waals surface area (Å²) in [6.45, 7) is 5.36. The molecule has 21 heavy (non-hydrogen) atoms. The third kappa shape index (κ3) is 3.57. The van der Waals surface area contributed by atoms with Crippen LogP contribution in [0.5, 0.6) is 5.88 Å². The topological polar surface area (TPSA) is 64.0 Å². The van der Waals surface area contributed by atoms with Crippen LogP contribution in [0.3, 0.4) is 0 Å². The molecule has 1 aromatic heterocycles. The molecule has 0 aliphatic rings. The predicted octanol–water partition coefficient (Wildman–Crippen LogP) is 3.48. The third-order valence-corrected chi connectivity index (χ3v) is 3.35.